The Bertz CT molecular complexity index is 413. The number of rotatable bonds is 5. The van der Waals surface area contributed by atoms with E-state index in [4.69, 9.17) is 4.74 Å². The lowest BCUT2D eigenvalue weighted by Crippen LogP contribution is -2.61. The second-order valence-corrected chi connectivity index (χ2v) is 7.05. The molecule has 0 saturated carbocycles. The highest BCUT2D eigenvalue weighted by atomic mass is 16.5. The molecule has 2 unspecified atom stereocenters. The van der Waals surface area contributed by atoms with E-state index in [9.17, 15) is 0 Å². The van der Waals surface area contributed by atoms with Gasteiger partial charge in [-0.05, 0) is 24.0 Å². The molecule has 1 fully saturated rings. The minimum atomic E-state index is 0.290. The Balaban J connectivity index is 1.90. The van der Waals surface area contributed by atoms with Crippen LogP contribution in [0.25, 0.3) is 0 Å². The number of ether oxygens (including phenoxy) is 1. The van der Waals surface area contributed by atoms with Crippen molar-refractivity contribution in [3.8, 4) is 5.75 Å². The van der Waals surface area contributed by atoms with E-state index in [0.29, 0.717) is 17.5 Å². The van der Waals surface area contributed by atoms with E-state index < -0.39 is 0 Å². The van der Waals surface area contributed by atoms with Gasteiger partial charge in [-0.3, -0.25) is 4.90 Å². The Morgan fingerprint density at radius 1 is 1.24 bits per heavy atom. The van der Waals surface area contributed by atoms with Gasteiger partial charge < -0.3 is 10.1 Å². The number of para-hydroxylation sites is 1. The molecule has 21 heavy (non-hydrogen) atoms. The molecule has 0 aliphatic carbocycles. The molecule has 3 nitrogen and oxygen atoms in total. The molecule has 3 heteroatoms. The molecule has 1 aromatic rings. The van der Waals surface area contributed by atoms with Crippen molar-refractivity contribution < 1.29 is 4.74 Å². The fourth-order valence-electron chi connectivity index (χ4n) is 3.05. The summed E-state index contributed by atoms with van der Waals surface area (Å²) in [4.78, 5) is 2.60. The van der Waals surface area contributed by atoms with Crippen LogP contribution in [0, 0.1) is 5.41 Å². The van der Waals surface area contributed by atoms with Gasteiger partial charge in [0.1, 0.15) is 12.4 Å². The number of piperazine rings is 1. The zero-order valence-corrected chi connectivity index (χ0v) is 13.9. The van der Waals surface area contributed by atoms with Gasteiger partial charge in [0.25, 0.3) is 0 Å². The van der Waals surface area contributed by atoms with Gasteiger partial charge in [0.05, 0.1) is 0 Å². The third-order valence-corrected chi connectivity index (χ3v) is 4.38. The van der Waals surface area contributed by atoms with Gasteiger partial charge in [0, 0.05) is 31.7 Å². The number of nitrogens with zero attached hydrogens (tertiary/aromatic N) is 1. The molecule has 2 rings (SSSR count). The lowest BCUT2D eigenvalue weighted by Gasteiger charge is -2.46. The smallest absolute Gasteiger partial charge is 0.119 e. The van der Waals surface area contributed by atoms with Crippen molar-refractivity contribution >= 4 is 0 Å². The Morgan fingerprint density at radius 3 is 2.57 bits per heavy atom. The molecule has 1 heterocycles. The summed E-state index contributed by atoms with van der Waals surface area (Å²) in [6.07, 6.45) is 1.19. The first kappa shape index (κ1) is 16.3. The van der Waals surface area contributed by atoms with E-state index in [1.54, 1.807) is 0 Å². The summed E-state index contributed by atoms with van der Waals surface area (Å²) in [5.41, 5.74) is 0.290. The average Bonchev–Trinajstić information content (AvgIpc) is 2.47. The average molecular weight is 290 g/mol. The number of nitrogens with one attached hydrogen (secondary N) is 1. The van der Waals surface area contributed by atoms with Crippen LogP contribution in [-0.2, 0) is 0 Å². The van der Waals surface area contributed by atoms with Crippen molar-refractivity contribution in [2.45, 2.75) is 46.2 Å². The van der Waals surface area contributed by atoms with Crippen LogP contribution in [0.4, 0.5) is 0 Å². The standard InChI is InChI=1S/C18H30N2O/c1-5-15-14-20(17(13-19-15)18(2,3)4)11-12-21-16-9-7-6-8-10-16/h6-10,15,17,19H,5,11-14H2,1-4H3. The quantitative estimate of drug-likeness (QED) is 0.901. The molecule has 1 N–H and O–H groups in total. The summed E-state index contributed by atoms with van der Waals surface area (Å²) in [5.74, 6) is 0.965. The van der Waals surface area contributed by atoms with Crippen molar-refractivity contribution in [1.82, 2.24) is 10.2 Å². The molecule has 0 aromatic heterocycles. The lowest BCUT2D eigenvalue weighted by molar-refractivity contribution is 0.0444. The van der Waals surface area contributed by atoms with E-state index in [1.807, 2.05) is 30.3 Å². The Kier molecular flexibility index (Phi) is 5.65. The van der Waals surface area contributed by atoms with E-state index >= 15 is 0 Å². The molecule has 1 aliphatic rings. The molecular formula is C18H30N2O. The molecule has 1 aliphatic heterocycles. The minimum absolute atomic E-state index is 0.290. The molecule has 1 saturated heterocycles. The topological polar surface area (TPSA) is 24.5 Å². The van der Waals surface area contributed by atoms with E-state index in [1.165, 1.54) is 6.42 Å². The fraction of sp³-hybridized carbons (Fsp3) is 0.667. The van der Waals surface area contributed by atoms with Crippen LogP contribution in [0.3, 0.4) is 0 Å². The highest BCUT2D eigenvalue weighted by Gasteiger charge is 2.34. The first-order valence-electron chi connectivity index (χ1n) is 8.16. The van der Waals surface area contributed by atoms with Crippen LogP contribution < -0.4 is 10.1 Å². The van der Waals surface area contributed by atoms with Gasteiger partial charge in [-0.2, -0.15) is 0 Å². The maximum atomic E-state index is 5.88. The van der Waals surface area contributed by atoms with Gasteiger partial charge in [0.15, 0.2) is 0 Å². The number of hydrogen-bond acceptors (Lipinski definition) is 3. The molecule has 0 spiro atoms. The molecule has 2 atom stereocenters. The maximum absolute atomic E-state index is 5.88. The highest BCUT2D eigenvalue weighted by molar-refractivity contribution is 5.20. The van der Waals surface area contributed by atoms with Gasteiger partial charge in [-0.15, -0.1) is 0 Å². The van der Waals surface area contributed by atoms with Crippen LogP contribution >= 0.6 is 0 Å². The summed E-state index contributed by atoms with van der Waals surface area (Å²) in [5, 5.41) is 3.68. The Morgan fingerprint density at radius 2 is 1.95 bits per heavy atom. The minimum Gasteiger partial charge on any atom is -0.492 e. The molecule has 0 radical (unpaired) electrons. The molecular weight excluding hydrogens is 260 g/mol. The monoisotopic (exact) mass is 290 g/mol. The first-order valence-corrected chi connectivity index (χ1v) is 8.16. The summed E-state index contributed by atoms with van der Waals surface area (Å²) < 4.78 is 5.88. The van der Waals surface area contributed by atoms with Crippen molar-refractivity contribution in [1.29, 1.82) is 0 Å². The van der Waals surface area contributed by atoms with Gasteiger partial charge >= 0.3 is 0 Å². The summed E-state index contributed by atoms with van der Waals surface area (Å²) in [7, 11) is 0. The largest absolute Gasteiger partial charge is 0.492 e. The Labute approximate surface area is 129 Å². The van der Waals surface area contributed by atoms with Crippen LogP contribution in [0.5, 0.6) is 5.75 Å². The second kappa shape index (κ2) is 7.28. The first-order chi connectivity index (χ1) is 10.0. The van der Waals surface area contributed by atoms with E-state index in [-0.39, 0.29) is 0 Å². The van der Waals surface area contributed by atoms with Crippen LogP contribution in [0.2, 0.25) is 0 Å². The van der Waals surface area contributed by atoms with Crippen molar-refractivity contribution in [2.75, 3.05) is 26.2 Å². The second-order valence-electron chi connectivity index (χ2n) is 7.05. The summed E-state index contributed by atoms with van der Waals surface area (Å²) >= 11 is 0. The highest BCUT2D eigenvalue weighted by Crippen LogP contribution is 2.26. The van der Waals surface area contributed by atoms with Crippen molar-refractivity contribution in [3.05, 3.63) is 30.3 Å². The van der Waals surface area contributed by atoms with Crippen molar-refractivity contribution in [3.63, 3.8) is 0 Å². The fourth-order valence-corrected chi connectivity index (χ4v) is 3.05. The zero-order chi connectivity index (χ0) is 15.3. The lowest BCUT2D eigenvalue weighted by atomic mass is 9.83. The third kappa shape index (κ3) is 4.72. The van der Waals surface area contributed by atoms with Crippen LogP contribution in [0.15, 0.2) is 30.3 Å². The van der Waals surface area contributed by atoms with Gasteiger partial charge in [-0.25, -0.2) is 0 Å². The molecule has 0 amide bonds. The normalized spacial score (nSPS) is 24.0. The number of benzene rings is 1. The van der Waals surface area contributed by atoms with Gasteiger partial charge in [0.2, 0.25) is 0 Å². The molecule has 118 valence electrons. The predicted octanol–water partition coefficient (Wildman–Crippen LogP) is 3.16. The number of hydrogen-bond donors (Lipinski definition) is 1. The predicted molar refractivity (Wildman–Crippen MR) is 88.8 cm³/mol. The zero-order valence-electron chi connectivity index (χ0n) is 13.9. The Hall–Kier alpha value is -1.06. The van der Waals surface area contributed by atoms with Crippen molar-refractivity contribution in [2.24, 2.45) is 5.41 Å². The van der Waals surface area contributed by atoms with Crippen LogP contribution in [0.1, 0.15) is 34.1 Å². The van der Waals surface area contributed by atoms with Crippen LogP contribution in [-0.4, -0.2) is 43.2 Å². The SMILES string of the molecule is CCC1CN(CCOc2ccccc2)C(C(C)(C)C)CN1. The third-order valence-electron chi connectivity index (χ3n) is 4.38. The maximum Gasteiger partial charge on any atom is 0.119 e. The molecule has 0 bridgehead atoms. The van der Waals surface area contributed by atoms with Gasteiger partial charge in [-0.1, -0.05) is 45.9 Å². The van der Waals surface area contributed by atoms with E-state index in [0.717, 1.165) is 32.0 Å². The summed E-state index contributed by atoms with van der Waals surface area (Å²) in [6.45, 7) is 13.2. The van der Waals surface area contributed by atoms with E-state index in [2.05, 4.69) is 37.9 Å². The molecule has 1 aromatic carbocycles. The summed E-state index contributed by atoms with van der Waals surface area (Å²) in [6, 6.07) is 11.3.